The van der Waals surface area contributed by atoms with Crippen LogP contribution < -0.4 is 9.80 Å². The molecule has 4 aliphatic heterocycles. The molecule has 0 bridgehead atoms. The van der Waals surface area contributed by atoms with E-state index >= 15 is 0 Å². The number of hydrogen-bond donors (Lipinski definition) is 0. The van der Waals surface area contributed by atoms with Crippen molar-refractivity contribution in [3.8, 4) is 0 Å². The molecule has 8 heteroatoms. The molecule has 0 fully saturated rings. The molecular formula is C17H10N6S2. The van der Waals surface area contributed by atoms with Gasteiger partial charge in [-0.25, -0.2) is 19.9 Å². The van der Waals surface area contributed by atoms with E-state index in [4.69, 9.17) is 0 Å². The second-order valence-electron chi connectivity index (χ2n) is 6.42. The normalized spacial score (nSPS) is 26.3. The first-order valence-corrected chi connectivity index (χ1v) is 9.82. The Morgan fingerprint density at radius 2 is 1.32 bits per heavy atom. The van der Waals surface area contributed by atoms with Gasteiger partial charge in [0.25, 0.3) is 0 Å². The van der Waals surface area contributed by atoms with Gasteiger partial charge in [-0.05, 0) is 12.1 Å². The maximum atomic E-state index is 4.49. The Balaban J connectivity index is 1.48. The monoisotopic (exact) mass is 362 g/mol. The Morgan fingerprint density at radius 3 is 1.88 bits per heavy atom. The molecule has 0 saturated heterocycles. The van der Waals surface area contributed by atoms with Crippen molar-refractivity contribution in [3.05, 3.63) is 48.8 Å². The van der Waals surface area contributed by atoms with Crippen molar-refractivity contribution in [1.82, 2.24) is 19.9 Å². The summed E-state index contributed by atoms with van der Waals surface area (Å²) in [6, 6.07) is 6.60. The van der Waals surface area contributed by atoms with Gasteiger partial charge in [-0.3, -0.25) is 0 Å². The van der Waals surface area contributed by atoms with E-state index in [1.165, 1.54) is 16.9 Å². The summed E-state index contributed by atoms with van der Waals surface area (Å²) in [5, 5.41) is 2.81. The molecular weight excluding hydrogens is 352 g/mol. The van der Waals surface area contributed by atoms with Crippen molar-refractivity contribution in [2.24, 2.45) is 0 Å². The summed E-state index contributed by atoms with van der Waals surface area (Å²) in [4.78, 5) is 22.3. The minimum atomic E-state index is 0.327. The molecule has 2 aromatic heterocycles. The molecule has 6 heterocycles. The lowest BCUT2D eigenvalue weighted by Crippen LogP contribution is -2.32. The first-order chi connectivity index (χ1) is 12.4. The Labute approximate surface area is 151 Å². The van der Waals surface area contributed by atoms with Crippen LogP contribution in [0.2, 0.25) is 0 Å². The fraction of sp³-hybridized carbons (Fsp3) is 0.176. The molecule has 7 rings (SSSR count). The maximum absolute atomic E-state index is 4.49. The van der Waals surface area contributed by atoms with Crippen LogP contribution in [0.4, 0.5) is 22.7 Å². The van der Waals surface area contributed by atoms with Crippen molar-refractivity contribution in [2.75, 3.05) is 9.80 Å². The van der Waals surface area contributed by atoms with E-state index in [1.807, 2.05) is 35.9 Å². The molecule has 0 aliphatic carbocycles. The number of rotatable bonds is 0. The van der Waals surface area contributed by atoms with E-state index < -0.39 is 0 Å². The second-order valence-corrected chi connectivity index (χ2v) is 8.63. The Morgan fingerprint density at radius 1 is 0.760 bits per heavy atom. The predicted molar refractivity (Wildman–Crippen MR) is 96.8 cm³/mol. The van der Waals surface area contributed by atoms with Gasteiger partial charge in [0.15, 0.2) is 0 Å². The number of anilines is 4. The fourth-order valence-corrected chi connectivity index (χ4v) is 7.32. The van der Waals surface area contributed by atoms with Gasteiger partial charge in [0.1, 0.15) is 22.7 Å². The van der Waals surface area contributed by atoms with Crippen LogP contribution in [0.25, 0.3) is 0 Å². The summed E-state index contributed by atoms with van der Waals surface area (Å²) in [7, 11) is 0. The zero-order chi connectivity index (χ0) is 16.1. The molecule has 120 valence electrons. The van der Waals surface area contributed by atoms with Gasteiger partial charge in [0.05, 0.1) is 34.5 Å². The van der Waals surface area contributed by atoms with Gasteiger partial charge in [-0.1, -0.05) is 29.6 Å². The third-order valence-corrected chi connectivity index (χ3v) is 7.90. The molecule has 0 amide bonds. The lowest BCUT2D eigenvalue weighted by Gasteiger charge is -2.28. The first-order valence-electron chi connectivity index (χ1n) is 8.06. The van der Waals surface area contributed by atoms with Crippen LogP contribution in [0.3, 0.4) is 0 Å². The number of benzene rings is 1. The number of fused-ring (bicyclic) bond motifs is 10. The largest absolute Gasteiger partial charge is 0.324 e. The fourth-order valence-electron chi connectivity index (χ4n) is 4.47. The highest BCUT2D eigenvalue weighted by Gasteiger charge is 2.57. The van der Waals surface area contributed by atoms with Gasteiger partial charge >= 0.3 is 0 Å². The van der Waals surface area contributed by atoms with Crippen LogP contribution >= 0.6 is 23.5 Å². The molecule has 3 aromatic rings. The summed E-state index contributed by atoms with van der Waals surface area (Å²) in [5.74, 6) is 0.407. The van der Waals surface area contributed by atoms with Crippen LogP contribution in [-0.2, 0) is 0 Å². The molecule has 0 radical (unpaired) electrons. The molecule has 2 atom stereocenters. The van der Waals surface area contributed by atoms with E-state index in [1.54, 1.807) is 12.7 Å². The SMILES string of the molecule is c1cc2c3c(c1)N1c4cncnc4SC1C3C1Sc3ncncc3N21. The molecule has 2 unspecified atom stereocenters. The molecule has 0 saturated carbocycles. The highest BCUT2D eigenvalue weighted by Crippen LogP contribution is 2.68. The molecule has 4 aliphatic rings. The van der Waals surface area contributed by atoms with E-state index in [-0.39, 0.29) is 0 Å². The number of thioether (sulfide) groups is 2. The lowest BCUT2D eigenvalue weighted by molar-refractivity contribution is 0.701. The van der Waals surface area contributed by atoms with Gasteiger partial charge < -0.3 is 9.80 Å². The van der Waals surface area contributed by atoms with Crippen LogP contribution in [0.5, 0.6) is 0 Å². The molecule has 1 aromatic carbocycles. The Bertz CT molecular complexity index is 993. The van der Waals surface area contributed by atoms with E-state index in [9.17, 15) is 0 Å². The number of nitrogens with zero attached hydrogens (tertiary/aromatic N) is 6. The standard InChI is InChI=1S/C17H10N6S2/c1-2-8-12-9(3-1)23-11-5-19-7-21-15(11)25-17(23)13(12)16-22(8)10-4-18-6-20-14(10)24-16/h1-7,13,16-17H. The minimum absolute atomic E-state index is 0.327. The summed E-state index contributed by atoms with van der Waals surface area (Å²) in [5.41, 5.74) is 6.30. The maximum Gasteiger partial charge on any atom is 0.125 e. The quantitative estimate of drug-likeness (QED) is 0.563. The van der Waals surface area contributed by atoms with Gasteiger partial charge in [-0.15, -0.1) is 0 Å². The minimum Gasteiger partial charge on any atom is -0.324 e. The molecule has 6 nitrogen and oxygen atoms in total. The van der Waals surface area contributed by atoms with Crippen molar-refractivity contribution in [1.29, 1.82) is 0 Å². The van der Waals surface area contributed by atoms with Crippen LogP contribution in [0, 0.1) is 0 Å². The van der Waals surface area contributed by atoms with Gasteiger partial charge in [0, 0.05) is 22.9 Å². The topological polar surface area (TPSA) is 58.0 Å². The lowest BCUT2D eigenvalue weighted by atomic mass is 10.0. The van der Waals surface area contributed by atoms with E-state index in [0.29, 0.717) is 16.7 Å². The zero-order valence-corrected chi connectivity index (χ0v) is 14.4. The molecule has 0 spiro atoms. The number of hydrogen-bond acceptors (Lipinski definition) is 8. The van der Waals surface area contributed by atoms with E-state index in [0.717, 1.165) is 21.4 Å². The predicted octanol–water partition coefficient (Wildman–Crippen LogP) is 3.52. The van der Waals surface area contributed by atoms with Crippen LogP contribution in [0.1, 0.15) is 11.5 Å². The highest BCUT2D eigenvalue weighted by atomic mass is 32.2. The van der Waals surface area contributed by atoms with Gasteiger partial charge in [-0.2, -0.15) is 0 Å². The molecule has 0 N–H and O–H groups in total. The summed E-state index contributed by atoms with van der Waals surface area (Å²) in [6.45, 7) is 0. The van der Waals surface area contributed by atoms with E-state index in [2.05, 4.69) is 47.9 Å². The van der Waals surface area contributed by atoms with Crippen molar-refractivity contribution < 1.29 is 0 Å². The second kappa shape index (κ2) is 4.25. The Kier molecular flexibility index (Phi) is 2.21. The third-order valence-electron chi connectivity index (χ3n) is 5.33. The van der Waals surface area contributed by atoms with Crippen molar-refractivity contribution in [3.63, 3.8) is 0 Å². The number of aromatic nitrogens is 4. The van der Waals surface area contributed by atoms with Crippen molar-refractivity contribution in [2.45, 2.75) is 26.7 Å². The van der Waals surface area contributed by atoms with Crippen LogP contribution in [-0.4, -0.2) is 30.7 Å². The zero-order valence-electron chi connectivity index (χ0n) is 12.8. The summed E-state index contributed by atoms with van der Waals surface area (Å²) < 4.78 is 0. The molecule has 25 heavy (non-hydrogen) atoms. The van der Waals surface area contributed by atoms with Crippen LogP contribution in [0.15, 0.2) is 53.3 Å². The summed E-state index contributed by atoms with van der Waals surface area (Å²) >= 11 is 3.71. The third kappa shape index (κ3) is 1.39. The smallest absolute Gasteiger partial charge is 0.125 e. The average molecular weight is 362 g/mol. The van der Waals surface area contributed by atoms with Crippen molar-refractivity contribution >= 4 is 46.3 Å². The first kappa shape index (κ1) is 13.0. The average Bonchev–Trinajstić information content (AvgIpc) is 3.35. The Hall–Kier alpha value is -2.32. The highest BCUT2D eigenvalue weighted by molar-refractivity contribution is 8.01. The van der Waals surface area contributed by atoms with Gasteiger partial charge in [0.2, 0.25) is 0 Å². The summed E-state index contributed by atoms with van der Waals surface area (Å²) in [6.07, 6.45) is 7.16.